The van der Waals surface area contributed by atoms with Gasteiger partial charge in [0.05, 0.1) is 5.41 Å². The maximum Gasteiger partial charge on any atom is 0.312 e. The lowest BCUT2D eigenvalue weighted by Crippen LogP contribution is -2.27. The van der Waals surface area contributed by atoms with E-state index in [-0.39, 0.29) is 11.4 Å². The number of hydrogen-bond donors (Lipinski definition) is 0. The minimum atomic E-state index is -0.282. The molecule has 0 aliphatic heterocycles. The fourth-order valence-corrected chi connectivity index (χ4v) is 3.09. The zero-order valence-electron chi connectivity index (χ0n) is 13.3. The Morgan fingerprint density at radius 2 is 2.10 bits per heavy atom. The summed E-state index contributed by atoms with van der Waals surface area (Å²) in [4.78, 5) is 12.3. The number of carbonyl (C=O) groups excluding carboxylic acids is 1. The molecule has 1 aromatic rings. The fraction of sp³-hybridized carbons (Fsp3) is 0.526. The highest BCUT2D eigenvalue weighted by Gasteiger charge is 2.43. The van der Waals surface area contributed by atoms with Crippen LogP contribution in [0, 0.1) is 17.3 Å². The molecule has 2 unspecified atom stereocenters. The minimum absolute atomic E-state index is 0.0386. The summed E-state index contributed by atoms with van der Waals surface area (Å²) in [7, 11) is 0. The van der Waals surface area contributed by atoms with Crippen LogP contribution in [-0.2, 0) is 9.53 Å². The summed E-state index contributed by atoms with van der Waals surface area (Å²) in [5.74, 6) is 1.27. The molecule has 1 fully saturated rings. The predicted octanol–water partition coefficient (Wildman–Crippen LogP) is 4.71. The van der Waals surface area contributed by atoms with Gasteiger partial charge >= 0.3 is 5.97 Å². The van der Waals surface area contributed by atoms with Gasteiger partial charge in [0.1, 0.15) is 6.61 Å². The summed E-state index contributed by atoms with van der Waals surface area (Å²) in [5.41, 5.74) is 0.843. The van der Waals surface area contributed by atoms with Gasteiger partial charge in [0.25, 0.3) is 0 Å². The van der Waals surface area contributed by atoms with Gasteiger partial charge in [-0.15, -0.1) is 0 Å². The van der Waals surface area contributed by atoms with Gasteiger partial charge < -0.3 is 4.74 Å². The second kappa shape index (κ2) is 6.93. The topological polar surface area (TPSA) is 26.3 Å². The van der Waals surface area contributed by atoms with Crippen LogP contribution in [0.5, 0.6) is 0 Å². The van der Waals surface area contributed by atoms with E-state index in [1.807, 2.05) is 42.5 Å². The van der Waals surface area contributed by atoms with E-state index in [0.29, 0.717) is 18.4 Å². The van der Waals surface area contributed by atoms with E-state index in [1.165, 1.54) is 0 Å². The van der Waals surface area contributed by atoms with Gasteiger partial charge in [-0.2, -0.15) is 0 Å². The Labute approximate surface area is 128 Å². The summed E-state index contributed by atoms with van der Waals surface area (Å²) >= 11 is 0. The molecule has 0 aromatic heterocycles. The highest BCUT2D eigenvalue weighted by Crippen LogP contribution is 2.45. The van der Waals surface area contributed by atoms with Crippen LogP contribution in [0.1, 0.15) is 45.6 Å². The Bertz CT molecular complexity index is 490. The average molecular weight is 286 g/mol. The maximum atomic E-state index is 12.3. The second-order valence-electron chi connectivity index (χ2n) is 6.72. The zero-order valence-corrected chi connectivity index (χ0v) is 13.3. The first kappa shape index (κ1) is 15.8. The van der Waals surface area contributed by atoms with Gasteiger partial charge in [0, 0.05) is 0 Å². The molecule has 1 aliphatic rings. The number of esters is 1. The van der Waals surface area contributed by atoms with Crippen molar-refractivity contribution in [2.45, 2.75) is 40.0 Å². The molecule has 21 heavy (non-hydrogen) atoms. The molecule has 1 aromatic carbocycles. The first-order chi connectivity index (χ1) is 10.0. The van der Waals surface area contributed by atoms with Gasteiger partial charge in [-0.3, -0.25) is 4.79 Å². The van der Waals surface area contributed by atoms with Crippen LogP contribution >= 0.6 is 0 Å². The van der Waals surface area contributed by atoms with E-state index in [4.69, 9.17) is 4.74 Å². The fourth-order valence-electron chi connectivity index (χ4n) is 3.09. The SMILES string of the molecule is CC(C)C1CCC(C)(C(=O)OCC=Cc2ccccc2)C1. The van der Waals surface area contributed by atoms with Crippen LogP contribution in [0.15, 0.2) is 36.4 Å². The van der Waals surface area contributed by atoms with Crippen molar-refractivity contribution in [3.63, 3.8) is 0 Å². The second-order valence-corrected chi connectivity index (χ2v) is 6.72. The molecular weight excluding hydrogens is 260 g/mol. The van der Waals surface area contributed by atoms with Gasteiger partial charge in [-0.05, 0) is 49.7 Å². The van der Waals surface area contributed by atoms with Crippen molar-refractivity contribution >= 4 is 12.0 Å². The van der Waals surface area contributed by atoms with E-state index >= 15 is 0 Å². The van der Waals surface area contributed by atoms with Crippen molar-refractivity contribution in [2.75, 3.05) is 6.61 Å². The Hall–Kier alpha value is -1.57. The van der Waals surface area contributed by atoms with Crippen LogP contribution in [0.4, 0.5) is 0 Å². The smallest absolute Gasteiger partial charge is 0.312 e. The molecule has 0 saturated heterocycles. The molecule has 0 radical (unpaired) electrons. The lowest BCUT2D eigenvalue weighted by Gasteiger charge is -2.22. The number of benzene rings is 1. The van der Waals surface area contributed by atoms with Gasteiger partial charge in [0.2, 0.25) is 0 Å². The highest BCUT2D eigenvalue weighted by atomic mass is 16.5. The summed E-state index contributed by atoms with van der Waals surface area (Å²) < 4.78 is 5.45. The molecule has 0 N–H and O–H groups in total. The van der Waals surface area contributed by atoms with Crippen molar-refractivity contribution in [3.05, 3.63) is 42.0 Å². The predicted molar refractivity (Wildman–Crippen MR) is 86.7 cm³/mol. The van der Waals surface area contributed by atoms with Crippen LogP contribution < -0.4 is 0 Å². The van der Waals surface area contributed by atoms with Crippen LogP contribution in [0.25, 0.3) is 6.08 Å². The van der Waals surface area contributed by atoms with Crippen molar-refractivity contribution in [3.8, 4) is 0 Å². The van der Waals surface area contributed by atoms with E-state index in [9.17, 15) is 4.79 Å². The summed E-state index contributed by atoms with van der Waals surface area (Å²) in [6, 6.07) is 10.0. The lowest BCUT2D eigenvalue weighted by atomic mass is 9.85. The normalized spacial score (nSPS) is 25.6. The number of hydrogen-bond acceptors (Lipinski definition) is 2. The third-order valence-corrected chi connectivity index (χ3v) is 4.64. The molecule has 1 aliphatic carbocycles. The molecule has 0 bridgehead atoms. The maximum absolute atomic E-state index is 12.3. The van der Waals surface area contributed by atoms with Gasteiger partial charge in [-0.1, -0.05) is 50.3 Å². The first-order valence-corrected chi connectivity index (χ1v) is 7.90. The van der Waals surface area contributed by atoms with E-state index in [1.54, 1.807) is 0 Å². The molecule has 0 heterocycles. The quantitative estimate of drug-likeness (QED) is 0.733. The summed E-state index contributed by atoms with van der Waals surface area (Å²) in [6.45, 7) is 6.89. The minimum Gasteiger partial charge on any atom is -0.461 e. The van der Waals surface area contributed by atoms with Crippen molar-refractivity contribution in [1.29, 1.82) is 0 Å². The molecule has 114 valence electrons. The van der Waals surface area contributed by atoms with E-state index in [2.05, 4.69) is 20.8 Å². The standard InChI is InChI=1S/C19H26O2/c1-15(2)17-11-12-19(3,14-17)18(20)21-13-7-10-16-8-5-4-6-9-16/h4-10,15,17H,11-14H2,1-3H3. The Morgan fingerprint density at radius 1 is 1.38 bits per heavy atom. The molecular formula is C19H26O2. The molecule has 2 rings (SSSR count). The Morgan fingerprint density at radius 3 is 2.71 bits per heavy atom. The molecule has 0 spiro atoms. The van der Waals surface area contributed by atoms with Crippen LogP contribution in [0.3, 0.4) is 0 Å². The van der Waals surface area contributed by atoms with E-state index in [0.717, 1.165) is 24.8 Å². The third-order valence-electron chi connectivity index (χ3n) is 4.64. The third kappa shape index (κ3) is 4.20. The van der Waals surface area contributed by atoms with Crippen molar-refractivity contribution in [2.24, 2.45) is 17.3 Å². The van der Waals surface area contributed by atoms with Crippen LogP contribution in [-0.4, -0.2) is 12.6 Å². The molecule has 2 nitrogen and oxygen atoms in total. The van der Waals surface area contributed by atoms with Gasteiger partial charge in [-0.25, -0.2) is 0 Å². The van der Waals surface area contributed by atoms with Crippen molar-refractivity contribution in [1.82, 2.24) is 0 Å². The number of rotatable bonds is 5. The summed E-state index contributed by atoms with van der Waals surface area (Å²) in [6.07, 6.45) is 6.96. The lowest BCUT2D eigenvalue weighted by molar-refractivity contribution is -0.153. The first-order valence-electron chi connectivity index (χ1n) is 7.90. The zero-order chi connectivity index (χ0) is 15.3. The Balaban J connectivity index is 1.81. The highest BCUT2D eigenvalue weighted by molar-refractivity contribution is 5.77. The summed E-state index contributed by atoms with van der Waals surface area (Å²) in [5, 5.41) is 0. The Kier molecular flexibility index (Phi) is 5.22. The largest absolute Gasteiger partial charge is 0.461 e. The molecule has 2 atom stereocenters. The molecule has 1 saturated carbocycles. The van der Waals surface area contributed by atoms with Crippen LogP contribution in [0.2, 0.25) is 0 Å². The number of carbonyl (C=O) groups is 1. The van der Waals surface area contributed by atoms with Gasteiger partial charge in [0.15, 0.2) is 0 Å². The van der Waals surface area contributed by atoms with Crippen molar-refractivity contribution < 1.29 is 9.53 Å². The molecule has 2 heteroatoms. The number of ether oxygens (including phenoxy) is 1. The monoisotopic (exact) mass is 286 g/mol. The van der Waals surface area contributed by atoms with E-state index < -0.39 is 0 Å². The molecule has 0 amide bonds. The average Bonchev–Trinajstić information content (AvgIpc) is 2.89.